The molecule has 0 bridgehead atoms. The number of halogens is 1. The standard InChI is InChI=1S/C30H23ClN4O/c31-29-22(11-7-15-32-29)30(36)35-26-12-4-1-8-19(26)16-23(24-17-33-27-13-5-2-9-20(24)27)25-18-34-28-14-6-3-10-21(25)28/h1-15,17-18,23,33-34H,16H2,(H,35,36). The minimum absolute atomic E-state index is 0.0531. The van der Waals surface area contributed by atoms with Gasteiger partial charge >= 0.3 is 0 Å². The summed E-state index contributed by atoms with van der Waals surface area (Å²) >= 11 is 6.18. The maximum absolute atomic E-state index is 13.0. The molecule has 6 heteroatoms. The summed E-state index contributed by atoms with van der Waals surface area (Å²) in [7, 11) is 0. The van der Waals surface area contributed by atoms with E-state index in [2.05, 4.69) is 75.1 Å². The lowest BCUT2D eigenvalue weighted by molar-refractivity contribution is 0.102. The number of H-pyrrole nitrogens is 2. The Balaban J connectivity index is 1.43. The first kappa shape index (κ1) is 22.1. The zero-order valence-electron chi connectivity index (χ0n) is 19.3. The van der Waals surface area contributed by atoms with Gasteiger partial charge in [-0.05, 0) is 53.4 Å². The predicted molar refractivity (Wildman–Crippen MR) is 146 cm³/mol. The van der Waals surface area contributed by atoms with E-state index in [0.29, 0.717) is 12.0 Å². The Morgan fingerprint density at radius 2 is 1.42 bits per heavy atom. The fourth-order valence-electron chi connectivity index (χ4n) is 4.94. The third-order valence-electron chi connectivity index (χ3n) is 6.69. The molecule has 0 aliphatic carbocycles. The maximum Gasteiger partial charge on any atom is 0.258 e. The minimum Gasteiger partial charge on any atom is -0.361 e. The molecule has 3 N–H and O–H groups in total. The van der Waals surface area contributed by atoms with Crippen molar-refractivity contribution >= 4 is 45.0 Å². The van der Waals surface area contributed by atoms with Gasteiger partial charge in [0.15, 0.2) is 0 Å². The second kappa shape index (κ2) is 9.36. The van der Waals surface area contributed by atoms with Crippen molar-refractivity contribution in [2.75, 3.05) is 5.32 Å². The van der Waals surface area contributed by atoms with E-state index in [1.54, 1.807) is 18.3 Å². The van der Waals surface area contributed by atoms with Gasteiger partial charge in [-0.2, -0.15) is 0 Å². The molecule has 3 aromatic heterocycles. The number of fused-ring (bicyclic) bond motifs is 2. The molecule has 0 aliphatic rings. The molecule has 0 fully saturated rings. The molecule has 3 heterocycles. The number of nitrogens with zero attached hydrogens (tertiary/aromatic N) is 1. The summed E-state index contributed by atoms with van der Waals surface area (Å²) in [5.74, 6) is -0.228. The number of benzene rings is 3. The van der Waals surface area contributed by atoms with Crippen molar-refractivity contribution in [3.8, 4) is 0 Å². The van der Waals surface area contributed by atoms with E-state index >= 15 is 0 Å². The third-order valence-corrected chi connectivity index (χ3v) is 6.99. The number of aromatic nitrogens is 3. The zero-order chi connectivity index (χ0) is 24.5. The van der Waals surface area contributed by atoms with Crippen LogP contribution >= 0.6 is 11.6 Å². The van der Waals surface area contributed by atoms with Crippen LogP contribution in [0.5, 0.6) is 0 Å². The van der Waals surface area contributed by atoms with Gasteiger partial charge in [-0.3, -0.25) is 4.79 Å². The van der Waals surface area contributed by atoms with Crippen molar-refractivity contribution in [2.45, 2.75) is 12.3 Å². The number of aromatic amines is 2. The molecule has 6 aromatic rings. The van der Waals surface area contributed by atoms with Crippen LogP contribution in [0.25, 0.3) is 21.8 Å². The van der Waals surface area contributed by atoms with Gasteiger partial charge in [-0.1, -0.05) is 66.2 Å². The molecule has 0 saturated carbocycles. The Morgan fingerprint density at radius 3 is 2.08 bits per heavy atom. The molecule has 0 saturated heterocycles. The Morgan fingerprint density at radius 1 is 0.806 bits per heavy atom. The van der Waals surface area contributed by atoms with Crippen LogP contribution in [-0.4, -0.2) is 20.9 Å². The van der Waals surface area contributed by atoms with Crippen molar-refractivity contribution in [3.63, 3.8) is 0 Å². The van der Waals surface area contributed by atoms with Crippen LogP contribution in [0.15, 0.2) is 104 Å². The Hall–Kier alpha value is -4.35. The molecule has 36 heavy (non-hydrogen) atoms. The van der Waals surface area contributed by atoms with E-state index in [0.717, 1.165) is 22.3 Å². The van der Waals surface area contributed by atoms with E-state index in [-0.39, 0.29) is 17.0 Å². The minimum atomic E-state index is -0.281. The van der Waals surface area contributed by atoms with Crippen LogP contribution in [0, 0.1) is 0 Å². The predicted octanol–water partition coefficient (Wildman–Crippen LogP) is 7.32. The number of carbonyl (C=O) groups is 1. The molecule has 6 rings (SSSR count). The van der Waals surface area contributed by atoms with Gasteiger partial charge in [0.2, 0.25) is 0 Å². The topological polar surface area (TPSA) is 73.6 Å². The van der Waals surface area contributed by atoms with Crippen LogP contribution in [0.4, 0.5) is 5.69 Å². The summed E-state index contributed by atoms with van der Waals surface area (Å²) < 4.78 is 0. The van der Waals surface area contributed by atoms with Crippen LogP contribution in [0.3, 0.4) is 0 Å². The fraction of sp³-hybridized carbons (Fsp3) is 0.0667. The molecular formula is C30H23ClN4O. The highest BCUT2D eigenvalue weighted by molar-refractivity contribution is 6.33. The number of rotatable bonds is 6. The van der Waals surface area contributed by atoms with Gasteiger partial charge in [-0.25, -0.2) is 4.98 Å². The lowest BCUT2D eigenvalue weighted by atomic mass is 9.85. The number of hydrogen-bond acceptors (Lipinski definition) is 2. The Bertz CT molecular complexity index is 1630. The lowest BCUT2D eigenvalue weighted by Gasteiger charge is -2.19. The van der Waals surface area contributed by atoms with Crippen LogP contribution in [-0.2, 0) is 6.42 Å². The summed E-state index contributed by atoms with van der Waals surface area (Å²) in [4.78, 5) is 23.9. The normalized spacial score (nSPS) is 11.4. The van der Waals surface area contributed by atoms with Crippen molar-refractivity contribution in [1.82, 2.24) is 15.0 Å². The Kier molecular flexibility index (Phi) is 5.76. The van der Waals surface area contributed by atoms with E-state index in [1.165, 1.54) is 21.9 Å². The molecule has 0 atom stereocenters. The number of pyridine rings is 1. The van der Waals surface area contributed by atoms with E-state index in [1.807, 2.05) is 30.3 Å². The summed E-state index contributed by atoms with van der Waals surface area (Å²) in [5, 5.41) is 5.62. The summed E-state index contributed by atoms with van der Waals surface area (Å²) in [6.45, 7) is 0. The smallest absolute Gasteiger partial charge is 0.258 e. The van der Waals surface area contributed by atoms with E-state index < -0.39 is 0 Å². The Labute approximate surface area is 213 Å². The molecule has 0 radical (unpaired) electrons. The molecule has 176 valence electrons. The number of para-hydroxylation sites is 3. The summed E-state index contributed by atoms with van der Waals surface area (Å²) in [6.07, 6.45) is 6.47. The number of amides is 1. The monoisotopic (exact) mass is 490 g/mol. The van der Waals surface area contributed by atoms with Gasteiger partial charge < -0.3 is 15.3 Å². The lowest BCUT2D eigenvalue weighted by Crippen LogP contribution is -2.15. The largest absolute Gasteiger partial charge is 0.361 e. The van der Waals surface area contributed by atoms with Gasteiger partial charge in [0, 0.05) is 52.0 Å². The number of anilines is 1. The molecule has 0 unspecified atom stereocenters. The highest BCUT2D eigenvalue weighted by atomic mass is 35.5. The average molecular weight is 491 g/mol. The van der Waals surface area contributed by atoms with Crippen molar-refractivity contribution < 1.29 is 4.79 Å². The third kappa shape index (κ3) is 4.04. The van der Waals surface area contributed by atoms with Crippen molar-refractivity contribution in [2.24, 2.45) is 0 Å². The van der Waals surface area contributed by atoms with E-state index in [4.69, 9.17) is 11.6 Å². The van der Waals surface area contributed by atoms with Gasteiger partial charge in [0.25, 0.3) is 5.91 Å². The second-order valence-corrected chi connectivity index (χ2v) is 9.15. The first-order chi connectivity index (χ1) is 17.7. The van der Waals surface area contributed by atoms with Crippen molar-refractivity contribution in [3.05, 3.63) is 131 Å². The molecular weight excluding hydrogens is 468 g/mol. The maximum atomic E-state index is 13.0. The van der Waals surface area contributed by atoms with Crippen LogP contribution in [0.2, 0.25) is 5.15 Å². The average Bonchev–Trinajstić information content (AvgIpc) is 3.53. The highest BCUT2D eigenvalue weighted by Gasteiger charge is 2.23. The number of carbonyl (C=O) groups excluding carboxylic acids is 1. The van der Waals surface area contributed by atoms with E-state index in [9.17, 15) is 4.79 Å². The van der Waals surface area contributed by atoms with Crippen LogP contribution < -0.4 is 5.32 Å². The molecule has 1 amide bonds. The number of nitrogens with one attached hydrogen (secondary N) is 3. The summed E-state index contributed by atoms with van der Waals surface area (Å²) in [5.41, 5.74) is 6.77. The molecule has 5 nitrogen and oxygen atoms in total. The molecule has 3 aromatic carbocycles. The quantitative estimate of drug-likeness (QED) is 0.214. The first-order valence-electron chi connectivity index (χ1n) is 11.8. The second-order valence-electron chi connectivity index (χ2n) is 8.79. The first-order valence-corrected chi connectivity index (χ1v) is 12.2. The summed E-state index contributed by atoms with van der Waals surface area (Å²) in [6, 6.07) is 28.0. The van der Waals surface area contributed by atoms with Crippen LogP contribution in [0.1, 0.15) is 33.0 Å². The zero-order valence-corrected chi connectivity index (χ0v) is 20.1. The fourth-order valence-corrected chi connectivity index (χ4v) is 5.14. The SMILES string of the molecule is O=C(Nc1ccccc1CC(c1c[nH]c2ccccc12)c1c[nH]c2ccccc12)c1cccnc1Cl. The highest BCUT2D eigenvalue weighted by Crippen LogP contribution is 2.38. The van der Waals surface area contributed by atoms with Gasteiger partial charge in [0.1, 0.15) is 5.15 Å². The molecule has 0 aliphatic heterocycles. The van der Waals surface area contributed by atoms with Gasteiger partial charge in [-0.15, -0.1) is 0 Å². The number of hydrogen-bond donors (Lipinski definition) is 3. The van der Waals surface area contributed by atoms with Gasteiger partial charge in [0.05, 0.1) is 5.56 Å². The molecule has 0 spiro atoms. The van der Waals surface area contributed by atoms with Crippen molar-refractivity contribution in [1.29, 1.82) is 0 Å².